The van der Waals surface area contributed by atoms with E-state index in [1.54, 1.807) is 34.5 Å². The zero-order valence-corrected chi connectivity index (χ0v) is 7.36. The number of hydrogen-bond acceptors (Lipinski definition) is 3. The van der Waals surface area contributed by atoms with Crippen LogP contribution in [-0.2, 0) is 10.8 Å². The third kappa shape index (κ3) is 0.818. The Balaban J connectivity index is 2.53. The maximum Gasteiger partial charge on any atom is 0.156 e. The summed E-state index contributed by atoms with van der Waals surface area (Å²) in [6, 6.07) is 0. The highest BCUT2D eigenvalue weighted by molar-refractivity contribution is 7.88. The van der Waals surface area contributed by atoms with Gasteiger partial charge in [0.1, 0.15) is 5.03 Å². The van der Waals surface area contributed by atoms with Crippen LogP contribution in [0.2, 0.25) is 0 Å². The van der Waals surface area contributed by atoms with Crippen LogP contribution in [-0.4, -0.2) is 18.6 Å². The summed E-state index contributed by atoms with van der Waals surface area (Å²) < 4.78 is 13.3. The van der Waals surface area contributed by atoms with Gasteiger partial charge in [0.2, 0.25) is 0 Å². The van der Waals surface area contributed by atoms with Gasteiger partial charge in [-0.3, -0.25) is 9.38 Å². The van der Waals surface area contributed by atoms with Crippen molar-refractivity contribution in [3.8, 4) is 0 Å². The predicted octanol–water partition coefficient (Wildman–Crippen LogP) is 0.821. The summed E-state index contributed by atoms with van der Waals surface area (Å²) >= 11 is 0. The molecule has 0 aliphatic carbocycles. The SMILES string of the molecule is O=S1C=Cc2ncc3nccn3c21. The molecule has 0 amide bonds. The summed E-state index contributed by atoms with van der Waals surface area (Å²) in [5.74, 6) is 0. The molecule has 13 heavy (non-hydrogen) atoms. The highest BCUT2D eigenvalue weighted by Gasteiger charge is 2.17. The fourth-order valence-corrected chi connectivity index (χ4v) is 2.45. The molecule has 3 rings (SSSR count). The molecule has 0 saturated heterocycles. The Bertz CT molecular complexity index is 543. The summed E-state index contributed by atoms with van der Waals surface area (Å²) in [4.78, 5) is 8.22. The van der Waals surface area contributed by atoms with Gasteiger partial charge in [-0.2, -0.15) is 0 Å². The normalized spacial score (nSPS) is 19.5. The zero-order chi connectivity index (χ0) is 8.84. The Morgan fingerprint density at radius 2 is 2.31 bits per heavy atom. The predicted molar refractivity (Wildman–Crippen MR) is 48.4 cm³/mol. The summed E-state index contributed by atoms with van der Waals surface area (Å²) in [7, 11) is -1.07. The first-order valence-corrected chi connectivity index (χ1v) is 4.98. The van der Waals surface area contributed by atoms with Crippen LogP contribution in [0.25, 0.3) is 11.7 Å². The zero-order valence-electron chi connectivity index (χ0n) is 6.54. The number of nitrogens with zero attached hydrogens (tertiary/aromatic N) is 3. The highest BCUT2D eigenvalue weighted by Crippen LogP contribution is 2.21. The van der Waals surface area contributed by atoms with Gasteiger partial charge in [0, 0.05) is 17.8 Å². The minimum Gasteiger partial charge on any atom is -0.289 e. The number of imidazole rings is 1. The molecular formula is C8H5N3OS. The van der Waals surface area contributed by atoms with Crippen LogP contribution in [0.15, 0.2) is 29.0 Å². The van der Waals surface area contributed by atoms with E-state index in [1.165, 1.54) is 0 Å². The van der Waals surface area contributed by atoms with Crippen LogP contribution >= 0.6 is 0 Å². The topological polar surface area (TPSA) is 47.3 Å². The van der Waals surface area contributed by atoms with Crippen molar-refractivity contribution in [1.82, 2.24) is 14.4 Å². The lowest BCUT2D eigenvalue weighted by molar-refractivity contribution is 0.684. The van der Waals surface area contributed by atoms with Gasteiger partial charge in [-0.05, 0) is 6.08 Å². The van der Waals surface area contributed by atoms with Crippen molar-refractivity contribution in [2.75, 3.05) is 0 Å². The Hall–Kier alpha value is -1.49. The van der Waals surface area contributed by atoms with E-state index in [2.05, 4.69) is 9.97 Å². The largest absolute Gasteiger partial charge is 0.289 e. The van der Waals surface area contributed by atoms with E-state index in [-0.39, 0.29) is 0 Å². The second-order valence-electron chi connectivity index (χ2n) is 2.70. The summed E-state index contributed by atoms with van der Waals surface area (Å²) in [5, 5.41) is 2.35. The van der Waals surface area contributed by atoms with Gasteiger partial charge in [0.25, 0.3) is 0 Å². The average Bonchev–Trinajstić information content (AvgIpc) is 2.70. The molecule has 0 radical (unpaired) electrons. The molecule has 1 unspecified atom stereocenters. The van der Waals surface area contributed by atoms with Crippen LogP contribution in [0.5, 0.6) is 0 Å². The molecule has 0 aromatic carbocycles. The maximum absolute atomic E-state index is 11.5. The Kier molecular flexibility index (Phi) is 1.21. The van der Waals surface area contributed by atoms with Gasteiger partial charge >= 0.3 is 0 Å². The lowest BCUT2D eigenvalue weighted by Crippen LogP contribution is -1.98. The van der Waals surface area contributed by atoms with Crippen LogP contribution < -0.4 is 0 Å². The molecule has 5 heteroatoms. The van der Waals surface area contributed by atoms with Crippen molar-refractivity contribution >= 4 is 22.5 Å². The van der Waals surface area contributed by atoms with Crippen LogP contribution in [0, 0.1) is 0 Å². The maximum atomic E-state index is 11.5. The average molecular weight is 191 g/mol. The van der Waals surface area contributed by atoms with Gasteiger partial charge in [-0.25, -0.2) is 9.19 Å². The molecule has 1 aliphatic heterocycles. The highest BCUT2D eigenvalue weighted by atomic mass is 32.2. The smallest absolute Gasteiger partial charge is 0.156 e. The van der Waals surface area contributed by atoms with E-state index in [9.17, 15) is 4.21 Å². The number of rotatable bonds is 0. The van der Waals surface area contributed by atoms with Gasteiger partial charge in [0.15, 0.2) is 5.65 Å². The van der Waals surface area contributed by atoms with E-state index in [4.69, 9.17) is 0 Å². The fourth-order valence-electron chi connectivity index (χ4n) is 1.39. The van der Waals surface area contributed by atoms with E-state index < -0.39 is 10.8 Å². The summed E-state index contributed by atoms with van der Waals surface area (Å²) in [6.07, 6.45) is 6.91. The first-order valence-electron chi connectivity index (χ1n) is 3.77. The fraction of sp³-hybridized carbons (Fsp3) is 0. The van der Waals surface area contributed by atoms with Gasteiger partial charge in [-0.15, -0.1) is 0 Å². The molecule has 0 N–H and O–H groups in total. The van der Waals surface area contributed by atoms with E-state index in [0.29, 0.717) is 0 Å². The number of hydrogen-bond donors (Lipinski definition) is 0. The molecule has 0 spiro atoms. The molecule has 0 bridgehead atoms. The molecule has 3 heterocycles. The van der Waals surface area contributed by atoms with E-state index in [0.717, 1.165) is 16.4 Å². The number of aromatic nitrogens is 3. The Morgan fingerprint density at radius 1 is 1.38 bits per heavy atom. The molecule has 1 atom stereocenters. The number of fused-ring (bicyclic) bond motifs is 3. The minimum absolute atomic E-state index is 0.718. The molecule has 0 saturated carbocycles. The van der Waals surface area contributed by atoms with Crippen molar-refractivity contribution in [2.24, 2.45) is 0 Å². The third-order valence-corrected chi connectivity index (χ3v) is 3.14. The van der Waals surface area contributed by atoms with Gasteiger partial charge < -0.3 is 0 Å². The van der Waals surface area contributed by atoms with Crippen molar-refractivity contribution in [3.63, 3.8) is 0 Å². The molecular weight excluding hydrogens is 186 g/mol. The molecule has 2 aromatic rings. The standard InChI is InChI=1S/C8H5N3OS/c12-13-4-1-6-8(13)11-3-2-9-7(11)5-10-6/h1-5H. The molecule has 4 nitrogen and oxygen atoms in total. The lowest BCUT2D eigenvalue weighted by Gasteiger charge is -1.99. The lowest BCUT2D eigenvalue weighted by atomic mass is 10.4. The molecule has 1 aliphatic rings. The molecule has 64 valence electrons. The second-order valence-corrected chi connectivity index (χ2v) is 3.96. The van der Waals surface area contributed by atoms with Crippen LogP contribution in [0.1, 0.15) is 5.69 Å². The second kappa shape index (κ2) is 2.26. The van der Waals surface area contributed by atoms with E-state index in [1.807, 2.05) is 0 Å². The quantitative estimate of drug-likeness (QED) is 0.619. The van der Waals surface area contributed by atoms with Crippen molar-refractivity contribution in [2.45, 2.75) is 5.03 Å². The van der Waals surface area contributed by atoms with Crippen molar-refractivity contribution in [3.05, 3.63) is 29.7 Å². The van der Waals surface area contributed by atoms with Crippen molar-refractivity contribution in [1.29, 1.82) is 0 Å². The van der Waals surface area contributed by atoms with Crippen LogP contribution in [0.4, 0.5) is 0 Å². The first kappa shape index (κ1) is 6.97. The third-order valence-electron chi connectivity index (χ3n) is 1.97. The summed E-state index contributed by atoms with van der Waals surface area (Å²) in [5.41, 5.74) is 1.50. The van der Waals surface area contributed by atoms with Crippen molar-refractivity contribution < 1.29 is 4.21 Å². The minimum atomic E-state index is -1.07. The Morgan fingerprint density at radius 3 is 3.23 bits per heavy atom. The van der Waals surface area contributed by atoms with E-state index >= 15 is 0 Å². The monoisotopic (exact) mass is 191 g/mol. The van der Waals surface area contributed by atoms with Gasteiger partial charge in [-0.1, -0.05) is 0 Å². The first-order chi connectivity index (χ1) is 6.36. The summed E-state index contributed by atoms with van der Waals surface area (Å²) in [6.45, 7) is 0. The Labute approximate surface area is 76.4 Å². The van der Waals surface area contributed by atoms with Crippen LogP contribution in [0.3, 0.4) is 0 Å². The molecule has 0 fully saturated rings. The molecule has 2 aromatic heterocycles. The van der Waals surface area contributed by atoms with Gasteiger partial charge in [0.05, 0.1) is 22.7 Å².